The van der Waals surface area contributed by atoms with Crippen LogP contribution in [0.5, 0.6) is 5.75 Å². The van der Waals surface area contributed by atoms with E-state index in [0.29, 0.717) is 12.4 Å². The molecule has 0 aliphatic heterocycles. The van der Waals surface area contributed by atoms with Crippen molar-refractivity contribution in [2.75, 3.05) is 6.61 Å². The average Bonchev–Trinajstić information content (AvgIpc) is 2.20. The molecule has 0 aliphatic carbocycles. The molecule has 0 amide bonds. The highest BCUT2D eigenvalue weighted by atomic mass is 79.9. The minimum absolute atomic E-state index is 0.211. The van der Waals surface area contributed by atoms with E-state index >= 15 is 0 Å². The Morgan fingerprint density at radius 3 is 2.75 bits per heavy atom. The van der Waals surface area contributed by atoms with Gasteiger partial charge in [-0.25, -0.2) is 4.79 Å². The van der Waals surface area contributed by atoms with Crippen LogP contribution < -0.4 is 4.74 Å². The molecule has 0 unspecified atom stereocenters. The van der Waals surface area contributed by atoms with E-state index < -0.39 is 5.97 Å². The molecule has 0 atom stereocenters. The third-order valence-electron chi connectivity index (χ3n) is 2.21. The van der Waals surface area contributed by atoms with Gasteiger partial charge in [0, 0.05) is 4.47 Å². The summed E-state index contributed by atoms with van der Waals surface area (Å²) in [7, 11) is 0. The van der Waals surface area contributed by atoms with Crippen LogP contribution >= 0.6 is 15.9 Å². The number of carbonyl (C=O) groups is 1. The average molecular weight is 287 g/mol. The zero-order valence-corrected chi connectivity index (χ0v) is 11.0. The van der Waals surface area contributed by atoms with Gasteiger partial charge < -0.3 is 9.84 Å². The first kappa shape index (κ1) is 13.0. The lowest BCUT2D eigenvalue weighted by Gasteiger charge is -2.12. The molecule has 1 aromatic rings. The standard InChI is InChI=1S/C12H15BrO3/c1-3-4-5-16-11-8(2)6-9(13)7-10(11)12(14)15/h6-7H,3-5H2,1-2H3,(H,14,15). The van der Waals surface area contributed by atoms with E-state index in [1.807, 2.05) is 13.0 Å². The van der Waals surface area contributed by atoms with Gasteiger partial charge in [0.15, 0.2) is 0 Å². The minimum atomic E-state index is -0.962. The van der Waals surface area contributed by atoms with Gasteiger partial charge in [0.25, 0.3) is 0 Å². The van der Waals surface area contributed by atoms with E-state index in [4.69, 9.17) is 9.84 Å². The predicted octanol–water partition coefficient (Wildman–Crippen LogP) is 3.63. The van der Waals surface area contributed by atoms with Crippen LogP contribution in [0.4, 0.5) is 0 Å². The van der Waals surface area contributed by atoms with Crippen LogP contribution in [0, 0.1) is 6.92 Å². The number of aromatic carboxylic acids is 1. The van der Waals surface area contributed by atoms with Crippen molar-refractivity contribution < 1.29 is 14.6 Å². The first-order chi connectivity index (χ1) is 7.56. The zero-order valence-electron chi connectivity index (χ0n) is 9.42. The van der Waals surface area contributed by atoms with Crippen molar-refractivity contribution in [1.82, 2.24) is 0 Å². The van der Waals surface area contributed by atoms with Crippen molar-refractivity contribution in [3.05, 3.63) is 27.7 Å². The van der Waals surface area contributed by atoms with Gasteiger partial charge in [0.2, 0.25) is 0 Å². The highest BCUT2D eigenvalue weighted by Gasteiger charge is 2.14. The molecular formula is C12H15BrO3. The van der Waals surface area contributed by atoms with Gasteiger partial charge >= 0.3 is 5.97 Å². The van der Waals surface area contributed by atoms with Crippen molar-refractivity contribution in [3.8, 4) is 5.75 Å². The molecule has 1 aromatic carbocycles. The topological polar surface area (TPSA) is 46.5 Å². The van der Waals surface area contributed by atoms with Gasteiger partial charge in [-0.1, -0.05) is 29.3 Å². The Labute approximate surface area is 104 Å². The molecule has 0 spiro atoms. The molecule has 0 radical (unpaired) electrons. The third-order valence-corrected chi connectivity index (χ3v) is 2.67. The van der Waals surface area contributed by atoms with E-state index in [0.717, 1.165) is 22.9 Å². The van der Waals surface area contributed by atoms with E-state index in [1.165, 1.54) is 0 Å². The summed E-state index contributed by atoms with van der Waals surface area (Å²) in [6, 6.07) is 3.42. The molecule has 0 saturated carbocycles. The van der Waals surface area contributed by atoms with Gasteiger partial charge in [-0.15, -0.1) is 0 Å². The molecule has 1 N–H and O–H groups in total. The van der Waals surface area contributed by atoms with Crippen LogP contribution in [0.3, 0.4) is 0 Å². The fourth-order valence-corrected chi connectivity index (χ4v) is 1.97. The monoisotopic (exact) mass is 286 g/mol. The van der Waals surface area contributed by atoms with Crippen LogP contribution in [-0.4, -0.2) is 17.7 Å². The van der Waals surface area contributed by atoms with Gasteiger partial charge in [0.05, 0.1) is 6.61 Å². The Morgan fingerprint density at radius 2 is 2.19 bits per heavy atom. The number of hydrogen-bond acceptors (Lipinski definition) is 2. The van der Waals surface area contributed by atoms with Crippen molar-refractivity contribution in [3.63, 3.8) is 0 Å². The normalized spacial score (nSPS) is 10.2. The van der Waals surface area contributed by atoms with E-state index in [9.17, 15) is 4.79 Å². The largest absolute Gasteiger partial charge is 0.492 e. The molecule has 0 aliphatic rings. The summed E-state index contributed by atoms with van der Waals surface area (Å²) >= 11 is 3.28. The number of rotatable bonds is 5. The molecule has 88 valence electrons. The maximum Gasteiger partial charge on any atom is 0.339 e. The minimum Gasteiger partial charge on any atom is -0.492 e. The Kier molecular flexibility index (Phi) is 4.80. The predicted molar refractivity (Wildman–Crippen MR) is 66.2 cm³/mol. The molecule has 0 heterocycles. The second-order valence-corrected chi connectivity index (χ2v) is 4.52. The second kappa shape index (κ2) is 5.89. The lowest BCUT2D eigenvalue weighted by molar-refractivity contribution is 0.0692. The molecule has 3 nitrogen and oxygen atoms in total. The molecule has 0 fully saturated rings. The van der Waals surface area contributed by atoms with Gasteiger partial charge in [-0.05, 0) is 31.0 Å². The summed E-state index contributed by atoms with van der Waals surface area (Å²) in [6.45, 7) is 4.47. The highest BCUT2D eigenvalue weighted by molar-refractivity contribution is 9.10. The molecule has 0 aromatic heterocycles. The Hall–Kier alpha value is -1.03. The van der Waals surface area contributed by atoms with Crippen molar-refractivity contribution in [2.45, 2.75) is 26.7 Å². The lowest BCUT2D eigenvalue weighted by Crippen LogP contribution is -2.06. The summed E-state index contributed by atoms with van der Waals surface area (Å²) in [5.74, 6) is -0.486. The first-order valence-corrected chi connectivity index (χ1v) is 6.01. The number of unbranched alkanes of at least 4 members (excludes halogenated alkanes) is 1. The van der Waals surface area contributed by atoms with E-state index in [-0.39, 0.29) is 5.56 Å². The smallest absolute Gasteiger partial charge is 0.339 e. The molecule has 0 bridgehead atoms. The van der Waals surface area contributed by atoms with Gasteiger partial charge in [-0.3, -0.25) is 0 Å². The van der Waals surface area contributed by atoms with Crippen LogP contribution in [-0.2, 0) is 0 Å². The summed E-state index contributed by atoms with van der Waals surface area (Å²) in [4.78, 5) is 11.1. The van der Waals surface area contributed by atoms with Crippen LogP contribution in [0.1, 0.15) is 35.7 Å². The van der Waals surface area contributed by atoms with Crippen LogP contribution in [0.2, 0.25) is 0 Å². The zero-order chi connectivity index (χ0) is 12.1. The maximum atomic E-state index is 11.1. The van der Waals surface area contributed by atoms with E-state index in [2.05, 4.69) is 22.9 Å². The number of ether oxygens (including phenoxy) is 1. The number of carboxylic acid groups (broad SMARTS) is 1. The lowest BCUT2D eigenvalue weighted by atomic mass is 10.1. The summed E-state index contributed by atoms with van der Waals surface area (Å²) < 4.78 is 6.28. The summed E-state index contributed by atoms with van der Waals surface area (Å²) in [6.07, 6.45) is 1.95. The third kappa shape index (κ3) is 3.23. The van der Waals surface area contributed by atoms with Crippen LogP contribution in [0.15, 0.2) is 16.6 Å². The van der Waals surface area contributed by atoms with Gasteiger partial charge in [0.1, 0.15) is 11.3 Å². The van der Waals surface area contributed by atoms with E-state index in [1.54, 1.807) is 6.07 Å². The molecule has 1 rings (SSSR count). The summed E-state index contributed by atoms with van der Waals surface area (Å²) in [5.41, 5.74) is 1.05. The quantitative estimate of drug-likeness (QED) is 0.841. The van der Waals surface area contributed by atoms with Crippen molar-refractivity contribution in [1.29, 1.82) is 0 Å². The SMILES string of the molecule is CCCCOc1c(C)cc(Br)cc1C(=O)O. The highest BCUT2D eigenvalue weighted by Crippen LogP contribution is 2.28. The van der Waals surface area contributed by atoms with Gasteiger partial charge in [-0.2, -0.15) is 0 Å². The fraction of sp³-hybridized carbons (Fsp3) is 0.417. The second-order valence-electron chi connectivity index (χ2n) is 3.61. The van der Waals surface area contributed by atoms with Crippen molar-refractivity contribution >= 4 is 21.9 Å². The number of aryl methyl sites for hydroxylation is 1. The Bertz CT molecular complexity index is 388. The van der Waals surface area contributed by atoms with Crippen LogP contribution in [0.25, 0.3) is 0 Å². The molecule has 0 saturated heterocycles. The molecular weight excluding hydrogens is 272 g/mol. The first-order valence-electron chi connectivity index (χ1n) is 5.22. The number of carboxylic acids is 1. The maximum absolute atomic E-state index is 11.1. The molecule has 16 heavy (non-hydrogen) atoms. The Morgan fingerprint density at radius 1 is 1.50 bits per heavy atom. The fourth-order valence-electron chi connectivity index (χ4n) is 1.40. The molecule has 4 heteroatoms. The summed E-state index contributed by atoms with van der Waals surface area (Å²) in [5, 5.41) is 9.07. The number of benzene rings is 1. The number of hydrogen-bond donors (Lipinski definition) is 1. The van der Waals surface area contributed by atoms with Crippen molar-refractivity contribution in [2.24, 2.45) is 0 Å². The number of halogens is 1. The Balaban J connectivity index is 2.99.